The van der Waals surface area contributed by atoms with E-state index in [0.29, 0.717) is 12.3 Å². The van der Waals surface area contributed by atoms with Gasteiger partial charge in [0, 0.05) is 19.4 Å². The van der Waals surface area contributed by atoms with Gasteiger partial charge in [-0.25, -0.2) is 4.98 Å². The SMILES string of the molecule is CC(=O)CCC(c1ccc2nc(C)oc2c1)N(C)C. The third-order valence-electron chi connectivity index (χ3n) is 3.30. The van der Waals surface area contributed by atoms with Crippen molar-refractivity contribution in [1.29, 1.82) is 0 Å². The summed E-state index contributed by atoms with van der Waals surface area (Å²) in [6, 6.07) is 6.29. The molecular formula is C15H20N2O2. The topological polar surface area (TPSA) is 46.3 Å². The van der Waals surface area contributed by atoms with Gasteiger partial charge in [-0.1, -0.05) is 6.07 Å². The third kappa shape index (κ3) is 3.20. The maximum Gasteiger partial charge on any atom is 0.192 e. The van der Waals surface area contributed by atoms with Crippen LogP contribution in [-0.2, 0) is 4.79 Å². The number of fused-ring (bicyclic) bond motifs is 1. The summed E-state index contributed by atoms with van der Waals surface area (Å²) in [5.74, 6) is 0.903. The summed E-state index contributed by atoms with van der Waals surface area (Å²) in [5.41, 5.74) is 2.85. The van der Waals surface area contributed by atoms with Crippen LogP contribution in [0.3, 0.4) is 0 Å². The van der Waals surface area contributed by atoms with Gasteiger partial charge < -0.3 is 14.1 Å². The zero-order chi connectivity index (χ0) is 14.0. The van der Waals surface area contributed by atoms with Crippen molar-refractivity contribution in [3.63, 3.8) is 0 Å². The molecule has 102 valence electrons. The predicted molar refractivity (Wildman–Crippen MR) is 75.1 cm³/mol. The van der Waals surface area contributed by atoms with Crippen LogP contribution in [0.5, 0.6) is 0 Å². The lowest BCUT2D eigenvalue weighted by molar-refractivity contribution is -0.117. The van der Waals surface area contributed by atoms with Gasteiger partial charge in [0.1, 0.15) is 11.3 Å². The minimum absolute atomic E-state index is 0.221. The zero-order valence-electron chi connectivity index (χ0n) is 11.9. The number of aryl methyl sites for hydroxylation is 1. The van der Waals surface area contributed by atoms with E-state index < -0.39 is 0 Å². The normalized spacial score (nSPS) is 13.1. The second kappa shape index (κ2) is 5.53. The molecular weight excluding hydrogens is 240 g/mol. The van der Waals surface area contributed by atoms with Crippen LogP contribution in [0.4, 0.5) is 0 Å². The number of rotatable bonds is 5. The second-order valence-corrected chi connectivity index (χ2v) is 5.18. The Kier molecular flexibility index (Phi) is 4.00. The number of hydrogen-bond acceptors (Lipinski definition) is 4. The molecule has 2 rings (SSSR count). The maximum atomic E-state index is 11.2. The lowest BCUT2D eigenvalue weighted by Crippen LogP contribution is -2.20. The fraction of sp³-hybridized carbons (Fsp3) is 0.467. The number of Topliss-reactive ketones (excluding diaryl/α,β-unsaturated/α-hetero) is 1. The van der Waals surface area contributed by atoms with Gasteiger partial charge in [0.25, 0.3) is 0 Å². The molecule has 0 bridgehead atoms. The molecule has 0 aliphatic heterocycles. The predicted octanol–water partition coefficient (Wildman–Crippen LogP) is 3.11. The van der Waals surface area contributed by atoms with E-state index in [1.54, 1.807) is 6.92 Å². The van der Waals surface area contributed by atoms with Crippen LogP contribution in [0.15, 0.2) is 22.6 Å². The highest BCUT2D eigenvalue weighted by Crippen LogP contribution is 2.27. The van der Waals surface area contributed by atoms with Gasteiger partial charge in [-0.15, -0.1) is 0 Å². The molecule has 2 aromatic rings. The van der Waals surface area contributed by atoms with E-state index in [9.17, 15) is 4.79 Å². The average molecular weight is 260 g/mol. The third-order valence-corrected chi connectivity index (χ3v) is 3.30. The first kappa shape index (κ1) is 13.7. The van der Waals surface area contributed by atoms with E-state index in [4.69, 9.17) is 4.42 Å². The molecule has 1 aromatic heterocycles. The summed E-state index contributed by atoms with van der Waals surface area (Å²) in [6.45, 7) is 3.48. The summed E-state index contributed by atoms with van der Waals surface area (Å²) < 4.78 is 5.57. The molecule has 0 aliphatic carbocycles. The fourth-order valence-corrected chi connectivity index (χ4v) is 2.33. The van der Waals surface area contributed by atoms with E-state index >= 15 is 0 Å². The van der Waals surface area contributed by atoms with Gasteiger partial charge in [0.2, 0.25) is 0 Å². The smallest absolute Gasteiger partial charge is 0.192 e. The molecule has 19 heavy (non-hydrogen) atoms. The Morgan fingerprint density at radius 3 is 2.79 bits per heavy atom. The quantitative estimate of drug-likeness (QED) is 0.828. The first-order valence-corrected chi connectivity index (χ1v) is 6.50. The Bertz CT molecular complexity index is 587. The molecule has 1 aromatic carbocycles. The van der Waals surface area contributed by atoms with Crippen molar-refractivity contribution in [2.45, 2.75) is 32.7 Å². The van der Waals surface area contributed by atoms with Crippen LogP contribution in [0.1, 0.15) is 37.3 Å². The molecule has 4 nitrogen and oxygen atoms in total. The van der Waals surface area contributed by atoms with Crippen LogP contribution < -0.4 is 0 Å². The standard InChI is InChI=1S/C15H20N2O2/c1-10(18)5-8-14(17(3)4)12-6-7-13-15(9-12)19-11(2)16-13/h6-7,9,14H,5,8H2,1-4H3. The van der Waals surface area contributed by atoms with Gasteiger partial charge in [0.05, 0.1) is 0 Å². The molecule has 0 radical (unpaired) electrons. The largest absolute Gasteiger partial charge is 0.441 e. The Balaban J connectivity index is 2.29. The number of nitrogens with zero attached hydrogens (tertiary/aromatic N) is 2. The zero-order valence-corrected chi connectivity index (χ0v) is 11.9. The summed E-state index contributed by atoms with van der Waals surface area (Å²) >= 11 is 0. The van der Waals surface area contributed by atoms with Crippen molar-refractivity contribution in [3.8, 4) is 0 Å². The fourth-order valence-electron chi connectivity index (χ4n) is 2.33. The first-order valence-electron chi connectivity index (χ1n) is 6.50. The second-order valence-electron chi connectivity index (χ2n) is 5.18. The number of carbonyl (C=O) groups is 1. The molecule has 0 saturated heterocycles. The number of oxazole rings is 1. The minimum atomic E-state index is 0.221. The van der Waals surface area contributed by atoms with Crippen LogP contribution in [-0.4, -0.2) is 29.8 Å². The van der Waals surface area contributed by atoms with Crippen molar-refractivity contribution < 1.29 is 9.21 Å². The van der Waals surface area contributed by atoms with E-state index in [1.807, 2.05) is 33.2 Å². The van der Waals surface area contributed by atoms with E-state index in [0.717, 1.165) is 23.1 Å². The van der Waals surface area contributed by atoms with Gasteiger partial charge >= 0.3 is 0 Å². The lowest BCUT2D eigenvalue weighted by Gasteiger charge is -2.24. The van der Waals surface area contributed by atoms with Crippen LogP contribution in [0, 0.1) is 6.92 Å². The molecule has 1 atom stereocenters. The molecule has 0 N–H and O–H groups in total. The summed E-state index contributed by atoms with van der Waals surface area (Å²) in [4.78, 5) is 17.6. The van der Waals surface area contributed by atoms with Crippen LogP contribution in [0.2, 0.25) is 0 Å². The Morgan fingerprint density at radius 2 is 2.16 bits per heavy atom. The maximum absolute atomic E-state index is 11.2. The molecule has 0 spiro atoms. The molecule has 0 aliphatic rings. The van der Waals surface area contributed by atoms with Gasteiger partial charge in [-0.05, 0) is 45.1 Å². The van der Waals surface area contributed by atoms with Gasteiger partial charge in [-0.2, -0.15) is 0 Å². The Morgan fingerprint density at radius 1 is 1.42 bits per heavy atom. The van der Waals surface area contributed by atoms with Crippen molar-refractivity contribution in [3.05, 3.63) is 29.7 Å². The van der Waals surface area contributed by atoms with E-state index in [-0.39, 0.29) is 11.8 Å². The van der Waals surface area contributed by atoms with Gasteiger partial charge in [0.15, 0.2) is 11.5 Å². The average Bonchev–Trinajstić information content (AvgIpc) is 2.67. The number of hydrogen-bond donors (Lipinski definition) is 0. The highest BCUT2D eigenvalue weighted by atomic mass is 16.3. The Labute approximate surface area is 113 Å². The highest BCUT2D eigenvalue weighted by Gasteiger charge is 2.16. The molecule has 1 heterocycles. The monoisotopic (exact) mass is 260 g/mol. The summed E-state index contributed by atoms with van der Waals surface area (Å²) in [6.07, 6.45) is 1.41. The van der Waals surface area contributed by atoms with E-state index in [2.05, 4.69) is 16.0 Å². The van der Waals surface area contributed by atoms with Crippen molar-refractivity contribution in [1.82, 2.24) is 9.88 Å². The first-order chi connectivity index (χ1) is 8.97. The number of benzene rings is 1. The number of aromatic nitrogens is 1. The van der Waals surface area contributed by atoms with Crippen molar-refractivity contribution in [2.24, 2.45) is 0 Å². The molecule has 0 fully saturated rings. The van der Waals surface area contributed by atoms with E-state index in [1.165, 1.54) is 0 Å². The number of carbonyl (C=O) groups excluding carboxylic acids is 1. The molecule has 0 saturated carbocycles. The summed E-state index contributed by atoms with van der Waals surface area (Å²) in [7, 11) is 4.06. The molecule has 1 unspecified atom stereocenters. The summed E-state index contributed by atoms with van der Waals surface area (Å²) in [5, 5.41) is 0. The highest BCUT2D eigenvalue weighted by molar-refractivity contribution is 5.75. The van der Waals surface area contributed by atoms with Gasteiger partial charge in [-0.3, -0.25) is 0 Å². The van der Waals surface area contributed by atoms with Crippen LogP contribution in [0.25, 0.3) is 11.1 Å². The molecule has 0 amide bonds. The van der Waals surface area contributed by atoms with Crippen molar-refractivity contribution in [2.75, 3.05) is 14.1 Å². The van der Waals surface area contributed by atoms with Crippen molar-refractivity contribution >= 4 is 16.9 Å². The number of ketones is 1. The molecule has 4 heteroatoms. The minimum Gasteiger partial charge on any atom is -0.441 e. The lowest BCUT2D eigenvalue weighted by atomic mass is 9.99. The Hall–Kier alpha value is -1.68. The van der Waals surface area contributed by atoms with Crippen LogP contribution >= 0.6 is 0 Å².